The highest BCUT2D eigenvalue weighted by molar-refractivity contribution is 7.85. The first kappa shape index (κ1) is 22.3. The standard InChI is InChI=1S/C27H45P/c1-26(2,3)21-18-22(27(4,5)6)20-25(19-21)28(7,23-14-10-8-11-15-23)24-16-12-9-13-17-24/h18-20,23-24H,7-17H2,1-6H3. The summed E-state index contributed by atoms with van der Waals surface area (Å²) in [7, 11) is -1.42. The quantitative estimate of drug-likeness (QED) is 0.353. The second-order valence-corrected chi connectivity index (χ2v) is 15.6. The van der Waals surface area contributed by atoms with Crippen molar-refractivity contribution < 1.29 is 0 Å². The molecule has 0 amide bonds. The molecular weight excluding hydrogens is 355 g/mol. The van der Waals surface area contributed by atoms with E-state index in [0.29, 0.717) is 0 Å². The molecule has 0 aromatic heterocycles. The Balaban J connectivity index is 2.15. The Morgan fingerprint density at radius 3 is 1.32 bits per heavy atom. The van der Waals surface area contributed by atoms with E-state index < -0.39 is 7.26 Å². The lowest BCUT2D eigenvalue weighted by atomic mass is 9.81. The Bertz CT molecular complexity index is 596. The maximum absolute atomic E-state index is 5.24. The summed E-state index contributed by atoms with van der Waals surface area (Å²) in [6.45, 7) is 19.5. The lowest BCUT2D eigenvalue weighted by molar-refractivity contribution is 0.483. The van der Waals surface area contributed by atoms with Gasteiger partial charge in [0.05, 0.1) is 5.30 Å². The SMILES string of the molecule is [CH2-][P+](c1cc(C(C)(C)C)cc(C(C)(C)C)c1)(C1CCCCC1)C1CCCCC1. The molecule has 1 aromatic carbocycles. The van der Waals surface area contributed by atoms with Crippen LogP contribution < -0.4 is 5.30 Å². The molecule has 0 saturated heterocycles. The van der Waals surface area contributed by atoms with Crippen molar-refractivity contribution in [3.05, 3.63) is 36.0 Å². The summed E-state index contributed by atoms with van der Waals surface area (Å²) >= 11 is 0. The summed E-state index contributed by atoms with van der Waals surface area (Å²) in [5.74, 6) is 0. The van der Waals surface area contributed by atoms with Crippen molar-refractivity contribution in [2.24, 2.45) is 0 Å². The van der Waals surface area contributed by atoms with E-state index >= 15 is 0 Å². The van der Waals surface area contributed by atoms with E-state index in [0.717, 1.165) is 11.3 Å². The van der Waals surface area contributed by atoms with Crippen LogP contribution in [0, 0.1) is 6.66 Å². The molecule has 0 bridgehead atoms. The molecular formula is C27H45P. The van der Waals surface area contributed by atoms with Gasteiger partial charge in [-0.15, -0.1) is 0 Å². The Kier molecular flexibility index (Phi) is 6.71. The van der Waals surface area contributed by atoms with Crippen LogP contribution in [-0.4, -0.2) is 11.3 Å². The molecule has 0 spiro atoms. The number of hydrogen-bond acceptors (Lipinski definition) is 0. The van der Waals surface area contributed by atoms with E-state index in [1.54, 1.807) is 5.30 Å². The molecule has 0 nitrogen and oxygen atoms in total. The predicted molar refractivity (Wildman–Crippen MR) is 129 cm³/mol. The first-order valence-corrected chi connectivity index (χ1v) is 14.0. The third kappa shape index (κ3) is 4.69. The van der Waals surface area contributed by atoms with Gasteiger partial charge < -0.3 is 0 Å². The Hall–Kier alpha value is -0.350. The molecule has 0 unspecified atom stereocenters. The molecule has 0 heterocycles. The highest BCUT2D eigenvalue weighted by Crippen LogP contribution is 2.70. The number of benzene rings is 1. The Morgan fingerprint density at radius 1 is 0.643 bits per heavy atom. The van der Waals surface area contributed by atoms with Crippen molar-refractivity contribution in [1.82, 2.24) is 0 Å². The van der Waals surface area contributed by atoms with Crippen LogP contribution >= 0.6 is 7.26 Å². The van der Waals surface area contributed by atoms with E-state index in [1.165, 1.54) is 75.3 Å². The smallest absolute Gasteiger partial charge is 0.0657 e. The second-order valence-electron chi connectivity index (χ2n) is 11.8. The first-order chi connectivity index (χ1) is 13.0. The van der Waals surface area contributed by atoms with Gasteiger partial charge in [-0.1, -0.05) is 67.7 Å². The maximum atomic E-state index is 5.24. The molecule has 2 fully saturated rings. The van der Waals surface area contributed by atoms with Crippen molar-refractivity contribution in [3.8, 4) is 0 Å². The highest BCUT2D eigenvalue weighted by atomic mass is 31.2. The van der Waals surface area contributed by atoms with Gasteiger partial charge in [0.2, 0.25) is 0 Å². The largest absolute Gasteiger partial charge is 0.174 e. The topological polar surface area (TPSA) is 0 Å². The van der Waals surface area contributed by atoms with E-state index in [4.69, 9.17) is 6.66 Å². The molecule has 2 aliphatic carbocycles. The Morgan fingerprint density at radius 2 is 1.00 bits per heavy atom. The van der Waals surface area contributed by atoms with Gasteiger partial charge >= 0.3 is 0 Å². The fourth-order valence-electron chi connectivity index (χ4n) is 5.52. The van der Waals surface area contributed by atoms with Crippen LogP contribution in [0.1, 0.15) is 117 Å². The van der Waals surface area contributed by atoms with Crippen molar-refractivity contribution in [3.63, 3.8) is 0 Å². The molecule has 3 rings (SSSR count). The minimum atomic E-state index is -1.42. The average Bonchev–Trinajstić information content (AvgIpc) is 2.67. The van der Waals surface area contributed by atoms with Crippen molar-refractivity contribution >= 4 is 12.6 Å². The highest BCUT2D eigenvalue weighted by Gasteiger charge is 2.45. The van der Waals surface area contributed by atoms with Gasteiger partial charge in [0, 0.05) is 11.3 Å². The molecule has 0 N–H and O–H groups in total. The summed E-state index contributed by atoms with van der Waals surface area (Å²) in [4.78, 5) is 0. The Labute approximate surface area is 176 Å². The van der Waals surface area contributed by atoms with Crippen molar-refractivity contribution in [2.45, 2.75) is 128 Å². The summed E-state index contributed by atoms with van der Waals surface area (Å²) in [5.41, 5.74) is 5.17. The van der Waals surface area contributed by atoms with Gasteiger partial charge in [-0.3, -0.25) is 0 Å². The molecule has 0 atom stereocenters. The summed E-state index contributed by atoms with van der Waals surface area (Å²) < 4.78 is 0. The van der Waals surface area contributed by atoms with Gasteiger partial charge in [-0.25, -0.2) is 0 Å². The van der Waals surface area contributed by atoms with E-state index in [-0.39, 0.29) is 10.8 Å². The summed E-state index contributed by atoms with van der Waals surface area (Å²) in [6.07, 6.45) is 14.3. The molecule has 1 aromatic rings. The fourth-order valence-corrected chi connectivity index (χ4v) is 10.3. The van der Waals surface area contributed by atoms with Crippen LogP contribution in [0.5, 0.6) is 0 Å². The number of rotatable bonds is 3. The molecule has 0 aliphatic heterocycles. The molecule has 28 heavy (non-hydrogen) atoms. The monoisotopic (exact) mass is 400 g/mol. The van der Waals surface area contributed by atoms with Crippen molar-refractivity contribution in [2.75, 3.05) is 0 Å². The minimum absolute atomic E-state index is 0.194. The lowest BCUT2D eigenvalue weighted by Gasteiger charge is -2.47. The van der Waals surface area contributed by atoms with E-state index in [9.17, 15) is 0 Å². The molecule has 2 aliphatic rings. The van der Waals surface area contributed by atoms with Crippen molar-refractivity contribution in [1.29, 1.82) is 0 Å². The van der Waals surface area contributed by atoms with Gasteiger partial charge in [0.1, 0.15) is 0 Å². The van der Waals surface area contributed by atoms with Crippen LogP contribution in [0.2, 0.25) is 0 Å². The van der Waals surface area contributed by atoms with E-state index in [2.05, 4.69) is 59.7 Å². The van der Waals surface area contributed by atoms with Gasteiger partial charge in [0.25, 0.3) is 0 Å². The maximum Gasteiger partial charge on any atom is 0.0657 e. The average molecular weight is 401 g/mol. The van der Waals surface area contributed by atoms with Gasteiger partial charge in [-0.05, 0) is 85.5 Å². The van der Waals surface area contributed by atoms with Crippen LogP contribution in [0.3, 0.4) is 0 Å². The van der Waals surface area contributed by atoms with Gasteiger partial charge in [0.15, 0.2) is 0 Å². The lowest BCUT2D eigenvalue weighted by Crippen LogP contribution is -2.34. The molecule has 1 heteroatoms. The predicted octanol–water partition coefficient (Wildman–Crippen LogP) is 8.38. The van der Waals surface area contributed by atoms with Crippen LogP contribution in [0.4, 0.5) is 0 Å². The first-order valence-electron chi connectivity index (χ1n) is 11.9. The normalized spacial score (nSPS) is 21.1. The third-order valence-electron chi connectivity index (χ3n) is 7.58. The molecule has 158 valence electrons. The molecule has 0 radical (unpaired) electrons. The zero-order valence-electron chi connectivity index (χ0n) is 19.6. The zero-order chi connectivity index (χ0) is 20.6. The zero-order valence-corrected chi connectivity index (χ0v) is 20.5. The van der Waals surface area contributed by atoms with Crippen LogP contribution in [-0.2, 0) is 10.8 Å². The third-order valence-corrected chi connectivity index (χ3v) is 12.4. The summed E-state index contributed by atoms with van der Waals surface area (Å²) in [5, 5.41) is 1.67. The van der Waals surface area contributed by atoms with Gasteiger partial charge in [-0.2, -0.15) is 6.66 Å². The van der Waals surface area contributed by atoms with Crippen LogP contribution in [0.25, 0.3) is 0 Å². The number of hydrogen-bond donors (Lipinski definition) is 0. The van der Waals surface area contributed by atoms with E-state index in [1.807, 2.05) is 0 Å². The minimum Gasteiger partial charge on any atom is -0.174 e. The second kappa shape index (κ2) is 8.41. The fraction of sp³-hybridized carbons (Fsp3) is 0.741. The van der Waals surface area contributed by atoms with Crippen LogP contribution in [0.15, 0.2) is 18.2 Å². The summed E-state index contributed by atoms with van der Waals surface area (Å²) in [6, 6.07) is 7.72. The molecule has 2 saturated carbocycles.